The van der Waals surface area contributed by atoms with Gasteiger partial charge in [0.25, 0.3) is 5.91 Å². The second-order valence-electron chi connectivity index (χ2n) is 2.68. The van der Waals surface area contributed by atoms with Gasteiger partial charge in [-0.15, -0.1) is 0 Å². The molecular formula is C6H9BrN2O2. The van der Waals surface area contributed by atoms with Crippen LogP contribution in [0.1, 0.15) is 13.3 Å². The smallest absolute Gasteiger partial charge is 0.322 e. The summed E-state index contributed by atoms with van der Waals surface area (Å²) >= 11 is 3.21. The van der Waals surface area contributed by atoms with Gasteiger partial charge in [-0.1, -0.05) is 15.9 Å². The fourth-order valence-corrected chi connectivity index (χ4v) is 1.74. The van der Waals surface area contributed by atoms with E-state index in [1.165, 1.54) is 0 Å². The predicted octanol–water partition coefficient (Wildman–Crippen LogP) is 0.370. The first-order valence-electron chi connectivity index (χ1n) is 3.28. The van der Waals surface area contributed by atoms with Crippen LogP contribution in [0.5, 0.6) is 0 Å². The highest BCUT2D eigenvalue weighted by atomic mass is 79.9. The van der Waals surface area contributed by atoms with E-state index in [9.17, 15) is 9.59 Å². The van der Waals surface area contributed by atoms with Crippen molar-refractivity contribution in [3.05, 3.63) is 0 Å². The molecule has 3 amide bonds. The van der Waals surface area contributed by atoms with Gasteiger partial charge < -0.3 is 5.32 Å². The summed E-state index contributed by atoms with van der Waals surface area (Å²) in [5.74, 6) is -0.248. The van der Waals surface area contributed by atoms with Crippen LogP contribution in [0.2, 0.25) is 0 Å². The maximum absolute atomic E-state index is 11.1. The summed E-state index contributed by atoms with van der Waals surface area (Å²) < 4.78 is 0. The Morgan fingerprint density at radius 2 is 2.18 bits per heavy atom. The van der Waals surface area contributed by atoms with Crippen LogP contribution in [0.15, 0.2) is 0 Å². The molecule has 4 nitrogen and oxygen atoms in total. The van der Waals surface area contributed by atoms with E-state index in [-0.39, 0.29) is 5.91 Å². The molecule has 1 rings (SSSR count). The standard InChI is InChI=1S/C6H9BrN2O2/c1-6(2-3-7)4(10)8-5(11)9-6/h2-3H2,1H3,(H2,8,9,10,11). The van der Waals surface area contributed by atoms with E-state index in [1.807, 2.05) is 0 Å². The number of carbonyl (C=O) groups is 2. The first-order valence-corrected chi connectivity index (χ1v) is 4.40. The van der Waals surface area contributed by atoms with Crippen molar-refractivity contribution in [2.45, 2.75) is 18.9 Å². The number of imide groups is 1. The molecule has 1 fully saturated rings. The lowest BCUT2D eigenvalue weighted by atomic mass is 10.0. The van der Waals surface area contributed by atoms with Gasteiger partial charge in [-0.2, -0.15) is 0 Å². The summed E-state index contributed by atoms with van der Waals surface area (Å²) in [7, 11) is 0. The average Bonchev–Trinajstić information content (AvgIpc) is 2.08. The first-order chi connectivity index (χ1) is 5.08. The lowest BCUT2D eigenvalue weighted by molar-refractivity contribution is -0.123. The number of urea groups is 1. The third-order valence-corrected chi connectivity index (χ3v) is 2.11. The maximum Gasteiger partial charge on any atom is 0.322 e. The molecule has 0 aromatic rings. The van der Waals surface area contributed by atoms with Crippen LogP contribution in [0, 0.1) is 0 Å². The van der Waals surface area contributed by atoms with Gasteiger partial charge >= 0.3 is 6.03 Å². The SMILES string of the molecule is CC1(CCBr)NC(=O)NC1=O. The second-order valence-corrected chi connectivity index (χ2v) is 3.47. The maximum atomic E-state index is 11.1. The Hall–Kier alpha value is -0.580. The molecule has 0 aromatic carbocycles. The van der Waals surface area contributed by atoms with Gasteiger partial charge in [0, 0.05) is 5.33 Å². The number of halogens is 1. The summed E-state index contributed by atoms with van der Waals surface area (Å²) in [6.07, 6.45) is 0.602. The fourth-order valence-electron chi connectivity index (χ4n) is 0.945. The van der Waals surface area contributed by atoms with E-state index in [1.54, 1.807) is 6.92 Å². The van der Waals surface area contributed by atoms with Gasteiger partial charge in [0.05, 0.1) is 0 Å². The quantitative estimate of drug-likeness (QED) is 0.522. The lowest BCUT2D eigenvalue weighted by Crippen LogP contribution is -2.43. The number of hydrogen-bond acceptors (Lipinski definition) is 2. The summed E-state index contributed by atoms with van der Waals surface area (Å²) in [5, 5.41) is 5.43. The fraction of sp³-hybridized carbons (Fsp3) is 0.667. The molecule has 11 heavy (non-hydrogen) atoms. The largest absolute Gasteiger partial charge is 0.324 e. The lowest BCUT2D eigenvalue weighted by Gasteiger charge is -2.18. The van der Waals surface area contributed by atoms with Crippen LogP contribution in [0.4, 0.5) is 4.79 Å². The molecule has 1 unspecified atom stereocenters. The highest BCUT2D eigenvalue weighted by Gasteiger charge is 2.40. The van der Waals surface area contributed by atoms with Crippen LogP contribution in [-0.4, -0.2) is 22.8 Å². The van der Waals surface area contributed by atoms with E-state index in [0.717, 1.165) is 0 Å². The van der Waals surface area contributed by atoms with Gasteiger partial charge in [0.1, 0.15) is 5.54 Å². The van der Waals surface area contributed by atoms with E-state index in [2.05, 4.69) is 26.6 Å². The van der Waals surface area contributed by atoms with Gasteiger partial charge in [0.2, 0.25) is 0 Å². The Balaban J connectivity index is 2.70. The zero-order chi connectivity index (χ0) is 8.48. The number of amides is 3. The normalized spacial score (nSPS) is 30.0. The van der Waals surface area contributed by atoms with Gasteiger partial charge in [-0.25, -0.2) is 4.79 Å². The number of rotatable bonds is 2. The summed E-state index contributed by atoms with van der Waals surface area (Å²) in [4.78, 5) is 21.8. The molecule has 0 bridgehead atoms. The minimum absolute atomic E-state index is 0.248. The highest BCUT2D eigenvalue weighted by Crippen LogP contribution is 2.15. The average molecular weight is 221 g/mol. The van der Waals surface area contributed by atoms with Gasteiger partial charge in [0.15, 0.2) is 0 Å². The molecule has 1 aliphatic heterocycles. The number of nitrogens with one attached hydrogen (secondary N) is 2. The highest BCUT2D eigenvalue weighted by molar-refractivity contribution is 9.09. The molecule has 1 aliphatic rings. The summed E-state index contributed by atoms with van der Waals surface area (Å²) in [6.45, 7) is 1.70. The van der Waals surface area contributed by atoms with Crippen LogP contribution in [0.25, 0.3) is 0 Å². The number of carbonyl (C=O) groups excluding carboxylic acids is 2. The minimum Gasteiger partial charge on any atom is -0.324 e. The molecule has 1 saturated heterocycles. The van der Waals surface area contributed by atoms with E-state index in [4.69, 9.17) is 0 Å². The Kier molecular flexibility index (Phi) is 2.17. The zero-order valence-corrected chi connectivity index (χ0v) is 7.69. The monoisotopic (exact) mass is 220 g/mol. The van der Waals surface area contributed by atoms with Crippen molar-refractivity contribution < 1.29 is 9.59 Å². The second kappa shape index (κ2) is 2.81. The van der Waals surface area contributed by atoms with Crippen molar-refractivity contribution in [2.75, 3.05) is 5.33 Å². The van der Waals surface area contributed by atoms with Crippen molar-refractivity contribution >= 4 is 27.9 Å². The molecule has 5 heteroatoms. The van der Waals surface area contributed by atoms with Crippen molar-refractivity contribution in [3.8, 4) is 0 Å². The molecule has 0 aromatic heterocycles. The topological polar surface area (TPSA) is 58.2 Å². The zero-order valence-electron chi connectivity index (χ0n) is 6.11. The minimum atomic E-state index is -0.722. The van der Waals surface area contributed by atoms with Crippen LogP contribution in [-0.2, 0) is 4.79 Å². The molecule has 1 heterocycles. The molecule has 2 N–H and O–H groups in total. The molecule has 1 atom stereocenters. The van der Waals surface area contributed by atoms with Crippen molar-refractivity contribution in [2.24, 2.45) is 0 Å². The number of hydrogen-bond donors (Lipinski definition) is 2. The molecular weight excluding hydrogens is 212 g/mol. The summed E-state index contributed by atoms with van der Waals surface area (Å²) in [6, 6.07) is -0.404. The first kappa shape index (κ1) is 8.52. The van der Waals surface area contributed by atoms with Gasteiger partial charge in [-0.05, 0) is 13.3 Å². The van der Waals surface area contributed by atoms with Crippen molar-refractivity contribution in [1.82, 2.24) is 10.6 Å². The van der Waals surface area contributed by atoms with Crippen LogP contribution in [0.3, 0.4) is 0 Å². The van der Waals surface area contributed by atoms with E-state index in [0.29, 0.717) is 11.8 Å². The van der Waals surface area contributed by atoms with Crippen molar-refractivity contribution in [1.29, 1.82) is 0 Å². The van der Waals surface area contributed by atoms with Crippen LogP contribution >= 0.6 is 15.9 Å². The van der Waals surface area contributed by atoms with Gasteiger partial charge in [-0.3, -0.25) is 10.1 Å². The van der Waals surface area contributed by atoms with Crippen LogP contribution < -0.4 is 10.6 Å². The molecule has 0 radical (unpaired) electrons. The molecule has 0 aliphatic carbocycles. The van der Waals surface area contributed by atoms with E-state index < -0.39 is 11.6 Å². The Morgan fingerprint density at radius 1 is 1.55 bits per heavy atom. The van der Waals surface area contributed by atoms with E-state index >= 15 is 0 Å². The molecule has 62 valence electrons. The molecule has 0 saturated carbocycles. The summed E-state index contributed by atoms with van der Waals surface area (Å²) in [5.41, 5.74) is -0.722. The predicted molar refractivity (Wildman–Crippen MR) is 43.5 cm³/mol. The Labute approximate surface area is 72.8 Å². The number of alkyl halides is 1. The Morgan fingerprint density at radius 3 is 2.55 bits per heavy atom. The Bertz CT molecular complexity index is 207. The third kappa shape index (κ3) is 1.53. The van der Waals surface area contributed by atoms with Crippen molar-refractivity contribution in [3.63, 3.8) is 0 Å². The molecule has 0 spiro atoms. The third-order valence-electron chi connectivity index (χ3n) is 1.71.